The maximum absolute atomic E-state index is 12.0. The zero-order chi connectivity index (χ0) is 16.9. The predicted molar refractivity (Wildman–Crippen MR) is 90.2 cm³/mol. The molecule has 0 bridgehead atoms. The summed E-state index contributed by atoms with van der Waals surface area (Å²) in [6, 6.07) is 6.94. The molecular weight excluding hydrogens is 292 g/mol. The molecule has 0 spiro atoms. The first kappa shape index (κ1) is 17.5. The first-order valence-electron chi connectivity index (χ1n) is 8.21. The van der Waals surface area contributed by atoms with E-state index < -0.39 is 0 Å². The van der Waals surface area contributed by atoms with Crippen molar-refractivity contribution in [1.29, 1.82) is 0 Å². The Morgan fingerprint density at radius 1 is 1.22 bits per heavy atom. The summed E-state index contributed by atoms with van der Waals surface area (Å²) in [6.45, 7) is 4.74. The van der Waals surface area contributed by atoms with Crippen molar-refractivity contribution in [3.05, 3.63) is 29.8 Å². The molecule has 0 saturated heterocycles. The average Bonchev–Trinajstić information content (AvgIpc) is 3.37. The van der Waals surface area contributed by atoms with Gasteiger partial charge in [-0.25, -0.2) is 0 Å². The number of aliphatic hydroxyl groups excluding tert-OH is 1. The lowest BCUT2D eigenvalue weighted by Crippen LogP contribution is -2.26. The lowest BCUT2D eigenvalue weighted by Gasteiger charge is -2.21. The highest BCUT2D eigenvalue weighted by Crippen LogP contribution is 2.30. The molecule has 1 saturated carbocycles. The van der Waals surface area contributed by atoms with E-state index in [0.29, 0.717) is 12.1 Å². The Hall–Kier alpha value is -1.88. The first-order chi connectivity index (χ1) is 10.9. The number of nitrogens with one attached hydrogen (secondary N) is 2. The molecule has 0 aliphatic heterocycles. The summed E-state index contributed by atoms with van der Waals surface area (Å²) in [7, 11) is 0. The Kier molecular flexibility index (Phi) is 5.77. The second kappa shape index (κ2) is 7.59. The number of aliphatic hydroxyl groups is 1. The molecule has 1 aromatic rings. The van der Waals surface area contributed by atoms with Crippen LogP contribution in [0.3, 0.4) is 0 Å². The number of anilines is 1. The number of benzene rings is 1. The Morgan fingerprint density at radius 2 is 1.87 bits per heavy atom. The molecule has 0 aromatic heterocycles. The lowest BCUT2D eigenvalue weighted by molar-refractivity contribution is -0.117. The molecule has 126 valence electrons. The average molecular weight is 318 g/mol. The van der Waals surface area contributed by atoms with Crippen molar-refractivity contribution in [3.8, 4) is 0 Å². The molecule has 1 aliphatic rings. The summed E-state index contributed by atoms with van der Waals surface area (Å²) in [5.41, 5.74) is 1.20. The van der Waals surface area contributed by atoms with E-state index in [-0.39, 0.29) is 29.8 Å². The monoisotopic (exact) mass is 318 g/mol. The standard InChI is InChI=1S/C18H26N2O3/c1-18(2,12-21)10-3-11-19-16(22)13-6-8-15(9-7-13)20-17(23)14-4-5-14/h6-9,14,21H,3-5,10-12H2,1-2H3,(H,19,22)(H,20,23). The zero-order valence-corrected chi connectivity index (χ0v) is 13.9. The highest BCUT2D eigenvalue weighted by Gasteiger charge is 2.29. The minimum Gasteiger partial charge on any atom is -0.396 e. The summed E-state index contributed by atoms with van der Waals surface area (Å²) >= 11 is 0. The molecule has 2 rings (SSSR count). The van der Waals surface area contributed by atoms with E-state index in [9.17, 15) is 14.7 Å². The van der Waals surface area contributed by atoms with Crippen LogP contribution in [-0.4, -0.2) is 30.1 Å². The van der Waals surface area contributed by atoms with Crippen molar-refractivity contribution < 1.29 is 14.7 Å². The van der Waals surface area contributed by atoms with Crippen LogP contribution in [0.25, 0.3) is 0 Å². The van der Waals surface area contributed by atoms with Crippen LogP contribution >= 0.6 is 0 Å². The molecule has 5 heteroatoms. The molecule has 0 heterocycles. The molecule has 2 amide bonds. The number of amides is 2. The van der Waals surface area contributed by atoms with Gasteiger partial charge in [0.25, 0.3) is 5.91 Å². The number of carbonyl (C=O) groups is 2. The second-order valence-electron chi connectivity index (χ2n) is 7.02. The quantitative estimate of drug-likeness (QED) is 0.645. The Morgan fingerprint density at radius 3 is 2.43 bits per heavy atom. The van der Waals surface area contributed by atoms with Gasteiger partial charge in [0.15, 0.2) is 0 Å². The lowest BCUT2D eigenvalue weighted by atomic mass is 9.89. The molecule has 23 heavy (non-hydrogen) atoms. The van der Waals surface area contributed by atoms with Gasteiger partial charge in [0.05, 0.1) is 0 Å². The second-order valence-corrected chi connectivity index (χ2v) is 7.02. The molecular formula is C18H26N2O3. The summed E-state index contributed by atoms with van der Waals surface area (Å²) < 4.78 is 0. The van der Waals surface area contributed by atoms with Crippen LogP contribution in [0, 0.1) is 11.3 Å². The maximum Gasteiger partial charge on any atom is 0.251 e. The van der Waals surface area contributed by atoms with Crippen molar-refractivity contribution in [1.82, 2.24) is 5.32 Å². The van der Waals surface area contributed by atoms with Gasteiger partial charge >= 0.3 is 0 Å². The maximum atomic E-state index is 12.0. The number of carbonyl (C=O) groups excluding carboxylic acids is 2. The van der Waals surface area contributed by atoms with E-state index in [4.69, 9.17) is 0 Å². The van der Waals surface area contributed by atoms with Crippen molar-refractivity contribution in [2.75, 3.05) is 18.5 Å². The van der Waals surface area contributed by atoms with Gasteiger partial charge in [-0.2, -0.15) is 0 Å². The van der Waals surface area contributed by atoms with Crippen LogP contribution in [0.5, 0.6) is 0 Å². The Bertz CT molecular complexity index is 548. The fourth-order valence-electron chi connectivity index (χ4n) is 2.24. The van der Waals surface area contributed by atoms with Gasteiger partial charge in [-0.15, -0.1) is 0 Å². The number of hydrogen-bond donors (Lipinski definition) is 3. The van der Waals surface area contributed by atoms with E-state index in [0.717, 1.165) is 31.4 Å². The van der Waals surface area contributed by atoms with Gasteiger partial charge in [0.2, 0.25) is 5.91 Å². The fourth-order valence-corrected chi connectivity index (χ4v) is 2.24. The molecule has 0 atom stereocenters. The molecule has 1 fully saturated rings. The van der Waals surface area contributed by atoms with E-state index in [1.165, 1.54) is 0 Å². The molecule has 0 unspecified atom stereocenters. The third-order valence-electron chi connectivity index (χ3n) is 4.11. The minimum atomic E-state index is -0.119. The first-order valence-corrected chi connectivity index (χ1v) is 8.21. The Balaban J connectivity index is 1.75. The predicted octanol–water partition coefficient (Wildman–Crippen LogP) is 2.56. The van der Waals surface area contributed by atoms with Crippen LogP contribution < -0.4 is 10.6 Å². The topological polar surface area (TPSA) is 78.4 Å². The van der Waals surface area contributed by atoms with Crippen molar-refractivity contribution in [2.45, 2.75) is 39.5 Å². The highest BCUT2D eigenvalue weighted by molar-refractivity contribution is 5.96. The van der Waals surface area contributed by atoms with Crippen LogP contribution in [-0.2, 0) is 4.79 Å². The SMILES string of the molecule is CC(C)(CO)CCCNC(=O)c1ccc(NC(=O)C2CC2)cc1. The molecule has 0 radical (unpaired) electrons. The van der Waals surface area contributed by atoms with Crippen LogP contribution in [0.1, 0.15) is 49.9 Å². The summed E-state index contributed by atoms with van der Waals surface area (Å²) in [6.07, 6.45) is 3.63. The number of hydrogen-bond acceptors (Lipinski definition) is 3. The normalized spacial score (nSPS) is 14.4. The van der Waals surface area contributed by atoms with Crippen LogP contribution in [0.4, 0.5) is 5.69 Å². The Labute approximate surface area is 137 Å². The molecule has 1 aliphatic carbocycles. The van der Waals surface area contributed by atoms with Gasteiger partial charge in [-0.1, -0.05) is 13.8 Å². The smallest absolute Gasteiger partial charge is 0.251 e. The van der Waals surface area contributed by atoms with E-state index in [1.54, 1.807) is 24.3 Å². The van der Waals surface area contributed by atoms with E-state index in [1.807, 2.05) is 13.8 Å². The molecule has 5 nitrogen and oxygen atoms in total. The van der Waals surface area contributed by atoms with Gasteiger partial charge < -0.3 is 15.7 Å². The summed E-state index contributed by atoms with van der Waals surface area (Å²) in [5.74, 6) is 0.113. The highest BCUT2D eigenvalue weighted by atomic mass is 16.3. The van der Waals surface area contributed by atoms with Crippen LogP contribution in [0.15, 0.2) is 24.3 Å². The third-order valence-corrected chi connectivity index (χ3v) is 4.11. The van der Waals surface area contributed by atoms with Gasteiger partial charge in [-0.3, -0.25) is 9.59 Å². The van der Waals surface area contributed by atoms with Gasteiger partial charge in [0.1, 0.15) is 0 Å². The minimum absolute atomic E-state index is 0.0636. The van der Waals surface area contributed by atoms with Gasteiger partial charge in [0, 0.05) is 30.3 Å². The van der Waals surface area contributed by atoms with Crippen LogP contribution in [0.2, 0.25) is 0 Å². The van der Waals surface area contributed by atoms with E-state index in [2.05, 4.69) is 10.6 Å². The van der Waals surface area contributed by atoms with Crippen molar-refractivity contribution in [3.63, 3.8) is 0 Å². The van der Waals surface area contributed by atoms with E-state index >= 15 is 0 Å². The molecule has 3 N–H and O–H groups in total. The van der Waals surface area contributed by atoms with Gasteiger partial charge in [-0.05, 0) is 55.4 Å². The zero-order valence-electron chi connectivity index (χ0n) is 13.9. The summed E-state index contributed by atoms with van der Waals surface area (Å²) in [4.78, 5) is 23.7. The largest absolute Gasteiger partial charge is 0.396 e. The number of rotatable bonds is 8. The summed E-state index contributed by atoms with van der Waals surface area (Å²) in [5, 5.41) is 14.9. The van der Waals surface area contributed by atoms with Crippen molar-refractivity contribution >= 4 is 17.5 Å². The molecule has 1 aromatic carbocycles. The fraction of sp³-hybridized carbons (Fsp3) is 0.556. The van der Waals surface area contributed by atoms with Crippen molar-refractivity contribution in [2.24, 2.45) is 11.3 Å². The third kappa shape index (κ3) is 5.67.